The van der Waals surface area contributed by atoms with Crippen molar-refractivity contribution in [2.45, 2.75) is 51.5 Å². The van der Waals surface area contributed by atoms with Gasteiger partial charge in [-0.25, -0.2) is 4.79 Å². The Morgan fingerprint density at radius 3 is 2.14 bits per heavy atom. The topological polar surface area (TPSA) is 29.5 Å². The fourth-order valence-electron chi connectivity index (χ4n) is 3.10. The van der Waals surface area contributed by atoms with Crippen LogP contribution in [-0.4, -0.2) is 36.7 Å². The number of hydrogen-bond acceptors (Lipinski definition) is 2. The van der Waals surface area contributed by atoms with E-state index in [0.717, 1.165) is 19.3 Å². The van der Waals surface area contributed by atoms with Crippen LogP contribution in [0.1, 0.15) is 40.0 Å². The molecule has 1 saturated heterocycles. The van der Waals surface area contributed by atoms with Gasteiger partial charge in [0.1, 0.15) is 5.60 Å². The zero-order valence-corrected chi connectivity index (χ0v) is 16.4. The summed E-state index contributed by atoms with van der Waals surface area (Å²) < 4.78 is 44.8. The molecular weight excluding hydrogens is 309 g/mol. The molecule has 21 heavy (non-hydrogen) atoms. The van der Waals surface area contributed by atoms with E-state index in [1.807, 2.05) is 0 Å². The number of nitrogens with zero attached hydrogens (tertiary/aromatic N) is 1. The van der Waals surface area contributed by atoms with Gasteiger partial charge in [-0.15, -0.1) is 0 Å². The summed E-state index contributed by atoms with van der Waals surface area (Å²) in [6.45, 7) is 0.194. The van der Waals surface area contributed by atoms with Crippen LogP contribution in [0.5, 0.6) is 0 Å². The van der Waals surface area contributed by atoms with E-state index >= 15 is 0 Å². The molecule has 0 aromatic heterocycles. The second-order valence-corrected chi connectivity index (χ2v) is 7.03. The average molecular weight is 331 g/mol. The summed E-state index contributed by atoms with van der Waals surface area (Å²) >= 11 is 0. The van der Waals surface area contributed by atoms with Gasteiger partial charge in [0.2, 0.25) is 0 Å². The van der Waals surface area contributed by atoms with Crippen LogP contribution in [0.3, 0.4) is 0 Å². The van der Waals surface area contributed by atoms with E-state index in [2.05, 4.69) is 0 Å². The van der Waals surface area contributed by atoms with Gasteiger partial charge < -0.3 is 22.6 Å². The minimum absolute atomic E-state index is 0. The number of hydrogen-bond donors (Lipinski definition) is 0. The Kier molecular flexibility index (Phi) is 6.71. The van der Waals surface area contributed by atoms with Crippen molar-refractivity contribution >= 4 is 13.1 Å². The van der Waals surface area contributed by atoms with Crippen LogP contribution in [0.4, 0.5) is 17.7 Å². The van der Waals surface area contributed by atoms with E-state index < -0.39 is 30.4 Å². The van der Waals surface area contributed by atoms with Crippen molar-refractivity contribution in [1.82, 2.24) is 4.90 Å². The van der Waals surface area contributed by atoms with Gasteiger partial charge in [0, 0.05) is 13.1 Å². The number of carbonyl (C=O) groups is 1. The molecule has 1 saturated carbocycles. The van der Waals surface area contributed by atoms with E-state index in [1.165, 1.54) is 4.90 Å². The van der Waals surface area contributed by atoms with Gasteiger partial charge in [-0.1, -0.05) is 25.1 Å². The van der Waals surface area contributed by atoms with Crippen LogP contribution in [0.15, 0.2) is 0 Å². The van der Waals surface area contributed by atoms with Gasteiger partial charge in [0.25, 0.3) is 0 Å². The summed E-state index contributed by atoms with van der Waals surface area (Å²) in [6, 6.07) is 0. The molecule has 0 aromatic carbocycles. The summed E-state index contributed by atoms with van der Waals surface area (Å²) in [7, 11) is 0. The molecule has 1 heterocycles. The first-order valence-electron chi connectivity index (χ1n) is 7.26. The first-order valence-corrected chi connectivity index (χ1v) is 7.26. The van der Waals surface area contributed by atoms with Crippen molar-refractivity contribution < 1.29 is 73.9 Å². The first kappa shape index (κ1) is 19.8. The molecule has 8 heteroatoms. The normalized spacial score (nSPS) is 27.0. The Morgan fingerprint density at radius 1 is 1.19 bits per heavy atom. The van der Waals surface area contributed by atoms with Crippen LogP contribution in [-0.2, 0) is 4.74 Å². The predicted molar refractivity (Wildman–Crippen MR) is 71.5 cm³/mol. The molecule has 3 nitrogen and oxygen atoms in total. The maximum absolute atomic E-state index is 13.2. The molecule has 0 aromatic rings. The molecule has 2 unspecified atom stereocenters. The third-order valence-corrected chi connectivity index (χ3v) is 4.30. The molecule has 2 atom stereocenters. The summed E-state index contributed by atoms with van der Waals surface area (Å²) in [5, 5.41) is 0. The number of rotatable bonds is 2. The van der Waals surface area contributed by atoms with Gasteiger partial charge in [-0.05, 0) is 32.6 Å². The second-order valence-electron chi connectivity index (χ2n) is 7.03. The Morgan fingerprint density at radius 2 is 1.76 bits per heavy atom. The predicted octanol–water partition coefficient (Wildman–Crippen LogP) is 0.875. The van der Waals surface area contributed by atoms with Crippen molar-refractivity contribution in [3.8, 4) is 0 Å². The number of halogens is 3. The molecular formula is C13H22BF3KNO2. The zero-order valence-electron chi connectivity index (χ0n) is 13.2. The molecule has 1 amide bonds. The number of amides is 1. The molecule has 116 valence electrons. The van der Waals surface area contributed by atoms with Crippen molar-refractivity contribution in [1.29, 1.82) is 0 Å². The van der Waals surface area contributed by atoms with Gasteiger partial charge in [0.15, 0.2) is 0 Å². The van der Waals surface area contributed by atoms with Crippen molar-refractivity contribution in [2.75, 3.05) is 13.1 Å². The minimum Gasteiger partial charge on any atom is -0.449 e. The van der Waals surface area contributed by atoms with E-state index in [4.69, 9.17) is 4.74 Å². The maximum Gasteiger partial charge on any atom is 1.00 e. The Hall–Kier alpha value is 0.761. The number of likely N-dealkylation sites (tertiary alicyclic amines) is 1. The van der Waals surface area contributed by atoms with E-state index in [0.29, 0.717) is 0 Å². The molecule has 0 spiro atoms. The molecule has 2 rings (SSSR count). The van der Waals surface area contributed by atoms with Crippen molar-refractivity contribution in [3.63, 3.8) is 0 Å². The second kappa shape index (κ2) is 7.11. The standard InChI is InChI=1S/C13H22BF3NO2.K/c1-13(2,3)20-12(19)18-7-10(9-5-4-6-9)11(8-18)14(15,16)17;/h9-11H,4-8H2,1-3H3;/q-1;+1. The largest absolute Gasteiger partial charge is 1.00 e. The average Bonchev–Trinajstić information content (AvgIpc) is 2.55. The van der Waals surface area contributed by atoms with Gasteiger partial charge in [-0.2, -0.15) is 0 Å². The molecule has 0 N–H and O–H groups in total. The molecule has 0 radical (unpaired) electrons. The van der Waals surface area contributed by atoms with Crippen molar-refractivity contribution in [2.24, 2.45) is 11.8 Å². The quantitative estimate of drug-likeness (QED) is 0.703. The van der Waals surface area contributed by atoms with Gasteiger partial charge >= 0.3 is 64.5 Å². The van der Waals surface area contributed by atoms with Crippen LogP contribution < -0.4 is 51.4 Å². The monoisotopic (exact) mass is 331 g/mol. The summed E-state index contributed by atoms with van der Waals surface area (Å²) in [6.07, 6.45) is 2.10. The Bertz CT molecular complexity index is 383. The molecule has 1 aliphatic carbocycles. The van der Waals surface area contributed by atoms with Crippen LogP contribution in [0.25, 0.3) is 0 Å². The fraction of sp³-hybridized carbons (Fsp3) is 0.923. The number of carbonyl (C=O) groups excluding carboxylic acids is 1. The molecule has 1 aliphatic heterocycles. The van der Waals surface area contributed by atoms with E-state index in [-0.39, 0.29) is 70.4 Å². The first-order chi connectivity index (χ1) is 9.08. The summed E-state index contributed by atoms with van der Waals surface area (Å²) in [4.78, 5) is 13.2. The smallest absolute Gasteiger partial charge is 0.449 e. The minimum atomic E-state index is -4.91. The van der Waals surface area contributed by atoms with Crippen LogP contribution in [0.2, 0.25) is 5.82 Å². The SMILES string of the molecule is CC(C)(C)OC(=O)N1CC(C2CCC2)C([B-](F)(F)F)C1.[K+]. The van der Waals surface area contributed by atoms with Crippen LogP contribution in [0, 0.1) is 11.8 Å². The molecule has 0 bridgehead atoms. The molecule has 2 fully saturated rings. The fourth-order valence-corrected chi connectivity index (χ4v) is 3.10. The Balaban J connectivity index is 0.00000220. The van der Waals surface area contributed by atoms with E-state index in [9.17, 15) is 17.7 Å². The number of ether oxygens (including phenoxy) is 1. The maximum atomic E-state index is 13.2. The summed E-state index contributed by atoms with van der Waals surface area (Å²) in [5.41, 5.74) is -0.676. The van der Waals surface area contributed by atoms with Crippen LogP contribution >= 0.6 is 0 Å². The zero-order chi connectivity index (χ0) is 15.1. The van der Waals surface area contributed by atoms with E-state index in [1.54, 1.807) is 20.8 Å². The van der Waals surface area contributed by atoms with Gasteiger partial charge in [0.05, 0.1) is 0 Å². The van der Waals surface area contributed by atoms with Crippen molar-refractivity contribution in [3.05, 3.63) is 0 Å². The third kappa shape index (κ3) is 5.12. The molecule has 2 aliphatic rings. The Labute approximate surface area is 166 Å². The van der Waals surface area contributed by atoms with Gasteiger partial charge in [-0.3, -0.25) is 0 Å². The summed E-state index contributed by atoms with van der Waals surface area (Å²) in [5.74, 6) is -1.65. The third-order valence-electron chi connectivity index (χ3n) is 4.30.